The first kappa shape index (κ1) is 10.2. The van der Waals surface area contributed by atoms with E-state index in [1.165, 1.54) is 12.7 Å². The maximum atomic E-state index is 11.6. The Labute approximate surface area is 90.3 Å². The largest absolute Gasteiger partial charge is 0.469 e. The first-order valence-electron chi connectivity index (χ1n) is 5.22. The van der Waals surface area contributed by atoms with Crippen LogP contribution in [0.2, 0.25) is 0 Å². The second-order valence-electron chi connectivity index (χ2n) is 4.71. The molecule has 0 unspecified atom stereocenters. The zero-order valence-electron chi connectivity index (χ0n) is 9.36. The molecule has 1 aliphatic carbocycles. The first-order valence-corrected chi connectivity index (χ1v) is 5.22. The van der Waals surface area contributed by atoms with Gasteiger partial charge < -0.3 is 4.74 Å². The lowest BCUT2D eigenvalue weighted by Crippen LogP contribution is -2.07. The van der Waals surface area contributed by atoms with Gasteiger partial charge in [-0.1, -0.05) is 44.2 Å². The molecule has 1 fully saturated rings. The summed E-state index contributed by atoms with van der Waals surface area (Å²) in [6.45, 7) is 4.23. The molecule has 0 radical (unpaired) electrons. The summed E-state index contributed by atoms with van der Waals surface area (Å²) in [6.07, 6.45) is 0. The van der Waals surface area contributed by atoms with Crippen LogP contribution < -0.4 is 0 Å². The van der Waals surface area contributed by atoms with Gasteiger partial charge in [0.25, 0.3) is 0 Å². The van der Waals surface area contributed by atoms with E-state index >= 15 is 0 Å². The Balaban J connectivity index is 2.23. The van der Waals surface area contributed by atoms with Crippen LogP contribution in [0.25, 0.3) is 0 Å². The minimum absolute atomic E-state index is 0.0184. The van der Waals surface area contributed by atoms with E-state index in [1.54, 1.807) is 0 Å². The number of esters is 1. The van der Waals surface area contributed by atoms with Crippen molar-refractivity contribution in [3.05, 3.63) is 35.9 Å². The summed E-state index contributed by atoms with van der Waals surface area (Å²) in [5.74, 6) is 0.241. The van der Waals surface area contributed by atoms with Gasteiger partial charge in [0, 0.05) is 5.92 Å². The van der Waals surface area contributed by atoms with Crippen LogP contribution in [-0.4, -0.2) is 13.1 Å². The second kappa shape index (κ2) is 3.37. The normalized spacial score (nSPS) is 27.1. The minimum atomic E-state index is -0.0890. The fourth-order valence-electron chi connectivity index (χ4n) is 2.49. The Morgan fingerprint density at radius 2 is 1.87 bits per heavy atom. The van der Waals surface area contributed by atoms with Crippen molar-refractivity contribution in [1.82, 2.24) is 0 Å². The Kier molecular flexibility index (Phi) is 2.29. The second-order valence-corrected chi connectivity index (χ2v) is 4.71. The summed E-state index contributed by atoms with van der Waals surface area (Å²) in [7, 11) is 1.46. The van der Waals surface area contributed by atoms with Crippen molar-refractivity contribution < 1.29 is 9.53 Å². The molecule has 2 atom stereocenters. The predicted octanol–water partition coefficient (Wildman–Crippen LogP) is 2.60. The van der Waals surface area contributed by atoms with Gasteiger partial charge in [-0.15, -0.1) is 0 Å². The van der Waals surface area contributed by atoms with Gasteiger partial charge in [-0.25, -0.2) is 0 Å². The van der Waals surface area contributed by atoms with E-state index in [1.807, 2.05) is 18.2 Å². The van der Waals surface area contributed by atoms with Crippen LogP contribution in [0.3, 0.4) is 0 Å². The molecule has 0 amide bonds. The van der Waals surface area contributed by atoms with Crippen molar-refractivity contribution in [2.75, 3.05) is 7.11 Å². The third kappa shape index (κ3) is 1.54. The molecule has 2 nitrogen and oxygen atoms in total. The van der Waals surface area contributed by atoms with Crippen molar-refractivity contribution in [1.29, 1.82) is 0 Å². The molecular formula is C13H16O2. The summed E-state index contributed by atoms with van der Waals surface area (Å²) < 4.78 is 4.82. The number of hydrogen-bond donors (Lipinski definition) is 0. The summed E-state index contributed by atoms with van der Waals surface area (Å²) in [6, 6.07) is 10.2. The smallest absolute Gasteiger partial charge is 0.309 e. The number of methoxy groups -OCH3 is 1. The third-order valence-corrected chi connectivity index (χ3v) is 3.44. The molecule has 2 heteroatoms. The molecule has 80 valence electrons. The summed E-state index contributed by atoms with van der Waals surface area (Å²) >= 11 is 0. The molecule has 0 heterocycles. The lowest BCUT2D eigenvalue weighted by Gasteiger charge is -2.01. The van der Waals surface area contributed by atoms with Crippen LogP contribution >= 0.6 is 0 Å². The Morgan fingerprint density at radius 1 is 1.27 bits per heavy atom. The minimum Gasteiger partial charge on any atom is -0.469 e. The maximum Gasteiger partial charge on any atom is 0.309 e. The van der Waals surface area contributed by atoms with Crippen molar-refractivity contribution in [2.45, 2.75) is 19.8 Å². The number of benzene rings is 1. The fraction of sp³-hybridized carbons (Fsp3) is 0.462. The molecule has 1 aromatic carbocycles. The third-order valence-electron chi connectivity index (χ3n) is 3.44. The number of hydrogen-bond acceptors (Lipinski definition) is 2. The predicted molar refractivity (Wildman–Crippen MR) is 58.5 cm³/mol. The Hall–Kier alpha value is -1.31. The average molecular weight is 204 g/mol. The molecule has 1 aliphatic rings. The summed E-state index contributed by atoms with van der Waals surface area (Å²) in [5.41, 5.74) is 1.27. The quantitative estimate of drug-likeness (QED) is 0.692. The van der Waals surface area contributed by atoms with E-state index in [0.29, 0.717) is 5.92 Å². The Morgan fingerprint density at radius 3 is 2.40 bits per heavy atom. The highest BCUT2D eigenvalue weighted by Crippen LogP contribution is 2.64. The van der Waals surface area contributed by atoms with E-state index in [2.05, 4.69) is 26.0 Å². The van der Waals surface area contributed by atoms with Gasteiger partial charge in [0.1, 0.15) is 0 Å². The SMILES string of the molecule is COC(=O)[C@@H]1[C@@H](c2ccccc2)C1(C)C. The molecule has 15 heavy (non-hydrogen) atoms. The van der Waals surface area contributed by atoms with E-state index in [4.69, 9.17) is 4.74 Å². The van der Waals surface area contributed by atoms with Crippen LogP contribution in [0, 0.1) is 11.3 Å². The molecule has 0 aliphatic heterocycles. The van der Waals surface area contributed by atoms with Crippen molar-refractivity contribution >= 4 is 5.97 Å². The fourth-order valence-corrected chi connectivity index (χ4v) is 2.49. The van der Waals surface area contributed by atoms with Gasteiger partial charge >= 0.3 is 5.97 Å². The number of ether oxygens (including phenoxy) is 1. The van der Waals surface area contributed by atoms with Gasteiger partial charge in [-0.3, -0.25) is 4.79 Å². The lowest BCUT2D eigenvalue weighted by atomic mass is 10.0. The van der Waals surface area contributed by atoms with Gasteiger partial charge in [0.2, 0.25) is 0 Å². The van der Waals surface area contributed by atoms with E-state index in [0.717, 1.165) is 0 Å². The van der Waals surface area contributed by atoms with Crippen LogP contribution in [0.15, 0.2) is 30.3 Å². The zero-order chi connectivity index (χ0) is 11.1. The zero-order valence-corrected chi connectivity index (χ0v) is 9.36. The summed E-state index contributed by atoms with van der Waals surface area (Å²) in [4.78, 5) is 11.6. The molecule has 1 saturated carbocycles. The molecular weight excluding hydrogens is 188 g/mol. The van der Waals surface area contributed by atoms with Crippen LogP contribution in [0.5, 0.6) is 0 Å². The van der Waals surface area contributed by atoms with Crippen LogP contribution in [0.4, 0.5) is 0 Å². The lowest BCUT2D eigenvalue weighted by molar-refractivity contribution is -0.143. The molecule has 0 aromatic heterocycles. The van der Waals surface area contributed by atoms with Crippen molar-refractivity contribution in [2.24, 2.45) is 11.3 Å². The maximum absolute atomic E-state index is 11.6. The Bertz CT molecular complexity index is 367. The molecule has 0 saturated heterocycles. The monoisotopic (exact) mass is 204 g/mol. The van der Waals surface area contributed by atoms with E-state index in [-0.39, 0.29) is 17.3 Å². The molecule has 0 bridgehead atoms. The topological polar surface area (TPSA) is 26.3 Å². The standard InChI is InChI=1S/C13H16O2/c1-13(2)10(11(13)12(14)15-3)9-7-5-4-6-8-9/h4-8,10-11H,1-3H3/t10-,11+/m1/s1. The van der Waals surface area contributed by atoms with Gasteiger partial charge in [0.05, 0.1) is 13.0 Å². The average Bonchev–Trinajstić information content (AvgIpc) is 2.82. The number of carbonyl (C=O) groups is 1. The molecule has 1 aromatic rings. The van der Waals surface area contributed by atoms with Gasteiger partial charge in [-0.05, 0) is 11.0 Å². The summed E-state index contributed by atoms with van der Waals surface area (Å²) in [5, 5.41) is 0. The van der Waals surface area contributed by atoms with Gasteiger partial charge in [0.15, 0.2) is 0 Å². The molecule has 0 N–H and O–H groups in total. The van der Waals surface area contributed by atoms with Crippen molar-refractivity contribution in [3.8, 4) is 0 Å². The van der Waals surface area contributed by atoms with Crippen molar-refractivity contribution in [3.63, 3.8) is 0 Å². The highest BCUT2D eigenvalue weighted by atomic mass is 16.5. The molecule has 0 spiro atoms. The van der Waals surface area contributed by atoms with E-state index in [9.17, 15) is 4.79 Å². The van der Waals surface area contributed by atoms with E-state index < -0.39 is 0 Å². The van der Waals surface area contributed by atoms with Crippen LogP contribution in [0.1, 0.15) is 25.3 Å². The van der Waals surface area contributed by atoms with Gasteiger partial charge in [-0.2, -0.15) is 0 Å². The number of carbonyl (C=O) groups excluding carboxylic acids is 1. The molecule has 2 rings (SSSR count). The van der Waals surface area contributed by atoms with Crippen LogP contribution in [-0.2, 0) is 9.53 Å². The highest BCUT2D eigenvalue weighted by Gasteiger charge is 2.62. The highest BCUT2D eigenvalue weighted by molar-refractivity contribution is 5.79. The number of rotatable bonds is 2. The first-order chi connectivity index (χ1) is 7.09.